The lowest BCUT2D eigenvalue weighted by atomic mass is 9.77. The predicted octanol–water partition coefficient (Wildman–Crippen LogP) is 1.11. The Hall–Kier alpha value is -1.22. The Morgan fingerprint density at radius 3 is 2.96 bits per heavy atom. The number of carbonyl (C=O) groups is 1. The van der Waals surface area contributed by atoms with Gasteiger partial charge in [0.05, 0.1) is 0 Å². The quantitative estimate of drug-likeness (QED) is 0.543. The Bertz CT molecular complexity index is 653. The summed E-state index contributed by atoms with van der Waals surface area (Å²) in [6, 6.07) is 3.88. The summed E-state index contributed by atoms with van der Waals surface area (Å²) in [5.41, 5.74) is 1.15. The van der Waals surface area contributed by atoms with Crippen molar-refractivity contribution < 1.29 is 19.6 Å². The van der Waals surface area contributed by atoms with Crippen molar-refractivity contribution in [1.29, 1.82) is 0 Å². The van der Waals surface area contributed by atoms with Crippen molar-refractivity contribution in [3.63, 3.8) is 0 Å². The van der Waals surface area contributed by atoms with E-state index < -0.39 is 13.1 Å². The van der Waals surface area contributed by atoms with Gasteiger partial charge in [-0.15, -0.1) is 11.8 Å². The third-order valence-electron chi connectivity index (χ3n) is 5.08. The van der Waals surface area contributed by atoms with E-state index in [-0.39, 0.29) is 17.3 Å². The molecule has 0 radical (unpaired) electrons. The van der Waals surface area contributed by atoms with Crippen LogP contribution in [0.25, 0.3) is 0 Å². The molecule has 6 nitrogen and oxygen atoms in total. The zero-order valence-corrected chi connectivity index (χ0v) is 14.2. The van der Waals surface area contributed by atoms with Crippen LogP contribution in [0.5, 0.6) is 5.75 Å². The molecular weight excluding hydrogens is 327 g/mol. The lowest BCUT2D eigenvalue weighted by Crippen LogP contribution is -2.44. The molecule has 0 spiro atoms. The summed E-state index contributed by atoms with van der Waals surface area (Å²) < 4.78 is 5.56. The van der Waals surface area contributed by atoms with E-state index in [4.69, 9.17) is 4.65 Å². The van der Waals surface area contributed by atoms with Crippen molar-refractivity contribution in [2.45, 2.75) is 23.1 Å². The Morgan fingerprint density at radius 2 is 2.21 bits per heavy atom. The molecule has 3 N–H and O–H groups in total. The molecule has 1 aliphatic carbocycles. The smallest absolute Gasteiger partial charge is 0.526 e. The van der Waals surface area contributed by atoms with E-state index >= 15 is 0 Å². The summed E-state index contributed by atoms with van der Waals surface area (Å²) in [6.07, 6.45) is 0.878. The number of piperazine rings is 1. The van der Waals surface area contributed by atoms with Crippen molar-refractivity contribution in [3.8, 4) is 5.75 Å². The fraction of sp³-hybridized carbons (Fsp3) is 0.562. The number of nitrogens with zero attached hydrogens (tertiary/aromatic N) is 1. The molecule has 0 unspecified atom stereocenters. The molecule has 24 heavy (non-hydrogen) atoms. The molecule has 0 bridgehead atoms. The molecule has 1 saturated heterocycles. The fourth-order valence-corrected chi connectivity index (χ4v) is 4.70. The Kier molecular flexibility index (Phi) is 4.47. The number of fused-ring (bicyclic) bond motifs is 3. The maximum atomic E-state index is 11.8. The van der Waals surface area contributed by atoms with Crippen LogP contribution in [0.2, 0.25) is 5.82 Å². The Balaban J connectivity index is 1.50. The van der Waals surface area contributed by atoms with E-state index in [1.807, 2.05) is 12.1 Å². The van der Waals surface area contributed by atoms with Gasteiger partial charge in [0.1, 0.15) is 11.3 Å². The number of hydrogen-bond donors (Lipinski definition) is 3. The van der Waals surface area contributed by atoms with Crippen molar-refractivity contribution >= 4 is 24.8 Å². The first-order chi connectivity index (χ1) is 11.6. The van der Waals surface area contributed by atoms with Gasteiger partial charge in [-0.3, -0.25) is 4.90 Å². The van der Waals surface area contributed by atoms with Gasteiger partial charge in [-0.05, 0) is 24.0 Å². The highest BCUT2D eigenvalue weighted by atomic mass is 32.2. The van der Waals surface area contributed by atoms with E-state index in [1.165, 1.54) is 0 Å². The first-order valence-corrected chi connectivity index (χ1v) is 9.44. The van der Waals surface area contributed by atoms with Gasteiger partial charge in [-0.2, -0.15) is 0 Å². The number of aromatic carboxylic acids is 1. The van der Waals surface area contributed by atoms with E-state index in [2.05, 4.69) is 10.2 Å². The monoisotopic (exact) mass is 348 g/mol. The van der Waals surface area contributed by atoms with Crippen LogP contribution in [0.4, 0.5) is 0 Å². The number of thioether (sulfide) groups is 1. The number of benzene rings is 1. The fourth-order valence-electron chi connectivity index (χ4n) is 3.64. The first-order valence-electron chi connectivity index (χ1n) is 8.46. The summed E-state index contributed by atoms with van der Waals surface area (Å²) >= 11 is 1.55. The normalized spacial score (nSPS) is 25.6. The van der Waals surface area contributed by atoms with Crippen LogP contribution in [-0.4, -0.2) is 66.6 Å². The lowest BCUT2D eigenvalue weighted by molar-refractivity contribution is 0.0690. The number of hydrogen-bond acceptors (Lipinski definition) is 6. The Labute approximate surface area is 145 Å². The van der Waals surface area contributed by atoms with E-state index in [9.17, 15) is 14.9 Å². The molecular formula is C16H21BN2O4S. The summed E-state index contributed by atoms with van der Waals surface area (Å²) in [7, 11) is -0.873. The molecule has 4 rings (SSSR count). The van der Waals surface area contributed by atoms with Crippen molar-refractivity contribution in [3.05, 3.63) is 23.3 Å². The zero-order chi connectivity index (χ0) is 16.7. The van der Waals surface area contributed by atoms with E-state index in [0.29, 0.717) is 5.75 Å². The molecule has 8 heteroatoms. The third kappa shape index (κ3) is 3.03. The van der Waals surface area contributed by atoms with Crippen molar-refractivity contribution in [2.75, 3.05) is 38.5 Å². The number of carboxylic acid groups (broad SMARTS) is 1. The second kappa shape index (κ2) is 6.59. The topological polar surface area (TPSA) is 82.0 Å². The second-order valence-electron chi connectivity index (χ2n) is 6.62. The number of carboxylic acids is 1. The SMILES string of the molecule is O=C(O)c1c(SCCN2CCNCC2)ccc2c1OB(O)[C@H]1C[C@@H]21. The molecule has 2 fully saturated rings. The highest BCUT2D eigenvalue weighted by molar-refractivity contribution is 7.99. The average molecular weight is 348 g/mol. The summed E-state index contributed by atoms with van der Waals surface area (Å²) in [5.74, 6) is 0.615. The molecule has 0 aromatic heterocycles. The molecule has 2 atom stereocenters. The van der Waals surface area contributed by atoms with Gasteiger partial charge in [-0.1, -0.05) is 6.07 Å². The van der Waals surface area contributed by atoms with Crippen LogP contribution in [0, 0.1) is 0 Å². The zero-order valence-electron chi connectivity index (χ0n) is 13.4. The third-order valence-corrected chi connectivity index (χ3v) is 6.12. The standard InChI is InChI=1S/C16H21BN2O4S/c20-16(21)14-13(24-8-7-19-5-3-18-4-6-19)2-1-10-11-9-12(11)17(22)23-15(10)14/h1-2,11-12,18,22H,3-9H2,(H,20,21)/t11-,12-/m0/s1. The van der Waals surface area contributed by atoms with E-state index in [1.54, 1.807) is 11.8 Å². The minimum atomic E-state index is -0.983. The summed E-state index contributed by atoms with van der Waals surface area (Å²) in [4.78, 5) is 14.9. The van der Waals surface area contributed by atoms with Crippen LogP contribution in [0.15, 0.2) is 17.0 Å². The molecule has 0 amide bonds. The lowest BCUT2D eigenvalue weighted by Gasteiger charge is -2.27. The second-order valence-corrected chi connectivity index (χ2v) is 7.75. The minimum absolute atomic E-state index is 0.130. The van der Waals surface area contributed by atoms with Crippen molar-refractivity contribution in [2.24, 2.45) is 0 Å². The molecule has 1 aromatic carbocycles. The average Bonchev–Trinajstić information content (AvgIpc) is 3.37. The van der Waals surface area contributed by atoms with Crippen LogP contribution >= 0.6 is 11.8 Å². The summed E-state index contributed by atoms with van der Waals surface area (Å²) in [5, 5.41) is 23.0. The number of rotatable bonds is 5. The van der Waals surface area contributed by atoms with Crippen molar-refractivity contribution in [1.82, 2.24) is 10.2 Å². The Morgan fingerprint density at radius 1 is 1.42 bits per heavy atom. The van der Waals surface area contributed by atoms with Gasteiger partial charge in [0, 0.05) is 49.2 Å². The van der Waals surface area contributed by atoms with Gasteiger partial charge in [0.2, 0.25) is 0 Å². The summed E-state index contributed by atoms with van der Waals surface area (Å²) in [6.45, 7) is 5.04. The maximum Gasteiger partial charge on any atom is 0.526 e. The van der Waals surface area contributed by atoms with Gasteiger partial charge in [0.15, 0.2) is 0 Å². The van der Waals surface area contributed by atoms with Gasteiger partial charge >= 0.3 is 13.1 Å². The molecule has 1 aromatic rings. The van der Waals surface area contributed by atoms with Crippen LogP contribution in [0.1, 0.15) is 28.3 Å². The maximum absolute atomic E-state index is 11.8. The van der Waals surface area contributed by atoms with Gasteiger partial charge < -0.3 is 20.1 Å². The molecule has 1 saturated carbocycles. The molecule has 2 aliphatic heterocycles. The van der Waals surface area contributed by atoms with Crippen LogP contribution < -0.4 is 9.97 Å². The largest absolute Gasteiger partial charge is 0.535 e. The first kappa shape index (κ1) is 16.3. The van der Waals surface area contributed by atoms with Crippen LogP contribution in [-0.2, 0) is 0 Å². The predicted molar refractivity (Wildman–Crippen MR) is 93.1 cm³/mol. The molecule has 128 valence electrons. The highest BCUT2D eigenvalue weighted by Crippen LogP contribution is 2.60. The number of nitrogens with one attached hydrogen (secondary N) is 1. The minimum Gasteiger partial charge on any atom is -0.535 e. The van der Waals surface area contributed by atoms with E-state index in [0.717, 1.165) is 55.4 Å². The van der Waals surface area contributed by atoms with Crippen LogP contribution in [0.3, 0.4) is 0 Å². The van der Waals surface area contributed by atoms with Gasteiger partial charge in [-0.25, -0.2) is 4.79 Å². The van der Waals surface area contributed by atoms with Gasteiger partial charge in [0.25, 0.3) is 0 Å². The highest BCUT2D eigenvalue weighted by Gasteiger charge is 2.54. The molecule has 2 heterocycles. The molecule has 3 aliphatic rings.